The number of pyridine rings is 1. The maximum Gasteiger partial charge on any atom is 0.269 e. The molecule has 124 heavy (non-hydrogen) atoms. The fraction of sp³-hybridized carbons (Fsp3) is 0.353. The van der Waals surface area contributed by atoms with Crippen LogP contribution in [0.1, 0.15) is 149 Å². The monoisotopic (exact) mass is 1710 g/mol. The summed E-state index contributed by atoms with van der Waals surface area (Å²) < 4.78 is 0. The van der Waals surface area contributed by atoms with Gasteiger partial charge in [0.05, 0.1) is 12.1 Å². The Labute approximate surface area is 740 Å². The molecule has 0 radical (unpaired) electrons. The third kappa shape index (κ3) is 28.2. The van der Waals surface area contributed by atoms with E-state index in [1.54, 1.807) is 42.6 Å². The number of carbonyl (C=O) groups excluding carboxylic acids is 7. The van der Waals surface area contributed by atoms with Crippen molar-refractivity contribution in [2.45, 2.75) is 132 Å². The van der Waals surface area contributed by atoms with E-state index in [1.807, 2.05) is 155 Å². The number of nitrogens with one attached hydrogen (secondary N) is 7. The number of benzene rings is 9. The number of aryl methyl sites for hydroxylation is 1. The molecule has 0 bridgehead atoms. The standard InChI is InChI=1S/C36H36ClN5O3.C35H46N4O2.C31H37ClN4O2/c37-29-17-14-26(15-18-29)16-19-34(43)39-23-30-20-22-42(25-31(27-9-3-1-4-10-27)28-11-5-2-6-12-28)36(45)33(41-30)24-40-35(44)32-13-7-8-21-38-32;1-26(2)32(28-12-5-3-6-13-28)25-39-22-17-31(37-33(35(39)41)18-21-38-19-9-4-10-20-38)24-36-34(40)30-16-15-27-11-7-8-14-29(27)23-30;32-26-14-11-23(12-15-26)13-16-30(37)34-21-27-18-20-36(31(38)29(35-27)17-19-33)22-28(24-7-3-1-4-8-24)25-9-5-2-6-10-25/h1-19,21,30-31,33,41H,20,22-25H2,(H,39,43)(H,40,44);3,5-8,11-16,23,26,31-33,37H,4,9-10,17-22,24-25H2,1-2H3,(H,36,40);1-12,14-15,27-29,35H,13,16-22,33H2,(H,34,37)/b19-16+;;/t30-,33-;31-,32+,33-;27-,29-/m000/s1. The number of carbonyl (C=O) groups is 7. The first kappa shape index (κ1) is 92.0. The number of likely N-dealkylation sites (tertiary alicyclic amines) is 1. The van der Waals surface area contributed by atoms with Gasteiger partial charge in [0.25, 0.3) is 11.8 Å². The largest absolute Gasteiger partial charge is 0.355 e. The molecule has 7 atom stereocenters. The molecule has 10 aromatic rings. The van der Waals surface area contributed by atoms with Gasteiger partial charge in [-0.2, -0.15) is 0 Å². The number of aromatic nitrogens is 1. The molecule has 5 heterocycles. The number of hydrogen-bond acceptors (Lipinski definition) is 13. The minimum Gasteiger partial charge on any atom is -0.355 e. The normalized spacial score (nSPS) is 18.6. The predicted octanol–water partition coefficient (Wildman–Crippen LogP) is 14.3. The van der Waals surface area contributed by atoms with Crippen molar-refractivity contribution in [2.24, 2.45) is 11.7 Å². The number of halogens is 2. The Balaban J connectivity index is 0.000000170. The van der Waals surface area contributed by atoms with Gasteiger partial charge >= 0.3 is 0 Å². The minimum absolute atomic E-state index is 0.00206. The van der Waals surface area contributed by atoms with Crippen molar-refractivity contribution < 1.29 is 33.6 Å². The zero-order chi connectivity index (χ0) is 86.8. The van der Waals surface area contributed by atoms with E-state index in [9.17, 15) is 33.6 Å². The lowest BCUT2D eigenvalue weighted by molar-refractivity contribution is -0.134. The van der Waals surface area contributed by atoms with Crippen molar-refractivity contribution in [1.82, 2.24) is 61.8 Å². The third-order valence-corrected chi connectivity index (χ3v) is 24.4. The summed E-state index contributed by atoms with van der Waals surface area (Å²) in [6.45, 7) is 13.0. The van der Waals surface area contributed by atoms with Crippen molar-refractivity contribution in [2.75, 3.05) is 91.6 Å². The number of rotatable bonds is 32. The highest BCUT2D eigenvalue weighted by Crippen LogP contribution is 2.31. The van der Waals surface area contributed by atoms with E-state index in [1.165, 1.54) is 42.0 Å². The van der Waals surface area contributed by atoms with E-state index in [4.69, 9.17) is 28.9 Å². The lowest BCUT2D eigenvalue weighted by Gasteiger charge is -2.32. The van der Waals surface area contributed by atoms with Crippen molar-refractivity contribution in [3.63, 3.8) is 0 Å². The van der Waals surface area contributed by atoms with Crippen LogP contribution < -0.4 is 43.0 Å². The molecule has 9 aromatic carbocycles. The zero-order valence-corrected chi connectivity index (χ0v) is 72.7. The van der Waals surface area contributed by atoms with Gasteiger partial charge in [-0.15, -0.1) is 0 Å². The van der Waals surface area contributed by atoms with Gasteiger partial charge in [-0.1, -0.05) is 256 Å². The average molecular weight is 1710 g/mol. The Bertz CT molecular complexity index is 4940. The number of piperidine rings is 1. The molecule has 0 spiro atoms. The van der Waals surface area contributed by atoms with E-state index >= 15 is 0 Å². The molecule has 4 aliphatic rings. The van der Waals surface area contributed by atoms with E-state index in [0.717, 1.165) is 78.5 Å². The highest BCUT2D eigenvalue weighted by atomic mass is 35.5. The molecule has 0 unspecified atom stereocenters. The van der Waals surface area contributed by atoms with Crippen LogP contribution in [0.15, 0.2) is 273 Å². The number of amides is 7. The van der Waals surface area contributed by atoms with Gasteiger partial charge in [0.2, 0.25) is 29.5 Å². The van der Waals surface area contributed by atoms with Gasteiger partial charge in [0.1, 0.15) is 11.7 Å². The third-order valence-electron chi connectivity index (χ3n) is 23.9. The van der Waals surface area contributed by atoms with Gasteiger partial charge in [-0.05, 0) is 181 Å². The molecule has 0 aliphatic carbocycles. The number of nitrogens with zero attached hydrogens (tertiary/aromatic N) is 5. The first-order chi connectivity index (χ1) is 60.5. The first-order valence-electron chi connectivity index (χ1n) is 44.0. The molecule has 14 rings (SSSR count). The lowest BCUT2D eigenvalue weighted by atomic mass is 9.87. The minimum atomic E-state index is -0.695. The molecular formula is C102H119Cl2N13O7. The van der Waals surface area contributed by atoms with Crippen LogP contribution in [-0.2, 0) is 30.4 Å². The second-order valence-electron chi connectivity index (χ2n) is 33.0. The van der Waals surface area contributed by atoms with Crippen LogP contribution in [0.25, 0.3) is 16.8 Å². The Morgan fingerprint density at radius 3 is 1.45 bits per heavy atom. The summed E-state index contributed by atoms with van der Waals surface area (Å²) in [7, 11) is 0. The Kier molecular flexibility index (Phi) is 35.7. The molecule has 7 amide bonds. The quantitative estimate of drug-likeness (QED) is 0.0183. The zero-order valence-electron chi connectivity index (χ0n) is 71.2. The first-order valence-corrected chi connectivity index (χ1v) is 44.7. The molecule has 648 valence electrons. The summed E-state index contributed by atoms with van der Waals surface area (Å²) in [6, 6.07) is 83.9. The second-order valence-corrected chi connectivity index (χ2v) is 33.9. The van der Waals surface area contributed by atoms with E-state index in [2.05, 4.69) is 151 Å². The van der Waals surface area contributed by atoms with Crippen molar-refractivity contribution in [1.29, 1.82) is 0 Å². The number of hydrogen-bond donors (Lipinski definition) is 8. The summed E-state index contributed by atoms with van der Waals surface area (Å²) in [5.74, 6) is 0.241. The van der Waals surface area contributed by atoms with E-state index in [-0.39, 0.29) is 102 Å². The van der Waals surface area contributed by atoms with Gasteiger partial charge < -0.3 is 57.2 Å². The average Bonchev–Trinajstić information content (AvgIpc) is 1.39. The van der Waals surface area contributed by atoms with Gasteiger partial charge in [-0.25, -0.2) is 0 Å². The molecule has 0 saturated carbocycles. The summed E-state index contributed by atoms with van der Waals surface area (Å²) in [5, 5.41) is 26.1. The molecular weight excluding hydrogens is 1590 g/mol. The highest BCUT2D eigenvalue weighted by Gasteiger charge is 2.37. The molecule has 9 N–H and O–H groups in total. The molecule has 4 aliphatic heterocycles. The maximum atomic E-state index is 14.0. The van der Waals surface area contributed by atoms with Gasteiger partial charge in [0.15, 0.2) is 0 Å². The van der Waals surface area contributed by atoms with Crippen LogP contribution in [0.3, 0.4) is 0 Å². The van der Waals surface area contributed by atoms with Crippen molar-refractivity contribution >= 4 is 81.4 Å². The highest BCUT2D eigenvalue weighted by molar-refractivity contribution is 6.30. The molecule has 4 fully saturated rings. The van der Waals surface area contributed by atoms with Gasteiger partial charge in [0, 0.05) is 142 Å². The van der Waals surface area contributed by atoms with Crippen molar-refractivity contribution in [3.8, 4) is 0 Å². The van der Waals surface area contributed by atoms with Crippen LogP contribution >= 0.6 is 23.2 Å². The summed E-state index contributed by atoms with van der Waals surface area (Å²) in [4.78, 5) is 105. The van der Waals surface area contributed by atoms with Crippen LogP contribution in [0.2, 0.25) is 10.0 Å². The Morgan fingerprint density at radius 2 is 0.927 bits per heavy atom. The number of fused-ring (bicyclic) bond motifs is 1. The second kappa shape index (κ2) is 48.2. The van der Waals surface area contributed by atoms with Crippen molar-refractivity contribution in [3.05, 3.63) is 333 Å². The summed E-state index contributed by atoms with van der Waals surface area (Å²) in [5.41, 5.74) is 14.7. The van der Waals surface area contributed by atoms with Crippen LogP contribution in [0.5, 0.6) is 0 Å². The molecule has 22 heteroatoms. The Morgan fingerprint density at radius 1 is 0.468 bits per heavy atom. The summed E-state index contributed by atoms with van der Waals surface area (Å²) >= 11 is 11.9. The fourth-order valence-corrected chi connectivity index (χ4v) is 17.1. The van der Waals surface area contributed by atoms with E-state index < -0.39 is 6.04 Å². The summed E-state index contributed by atoms with van der Waals surface area (Å²) in [6.07, 6.45) is 13.1. The Hall–Kier alpha value is -11.2. The van der Waals surface area contributed by atoms with Crippen LogP contribution in [-0.4, -0.2) is 194 Å². The maximum absolute atomic E-state index is 14.0. The number of nitrogens with two attached hydrogens (primary N) is 1. The predicted molar refractivity (Wildman–Crippen MR) is 497 cm³/mol. The SMILES string of the molecule is CC(C)[C@@H](CN1CC[C@@H](CNC(=O)c2ccc3ccccc3c2)N[C@@H](CCN2CCCCC2)C1=O)c1ccccc1.NCC[C@@H]1N[C@H](CNC(=O)CCc2ccc(Cl)cc2)CCN(CC(c2ccccc2)c2ccccc2)C1=O.O=C(/C=C/c1ccc(Cl)cc1)NC[C@@H]1CCN(CC(c2ccccc2)c2ccccc2)C(=O)[C@H](CNC(=O)c2ccccn2)N1. The molecule has 1 aromatic heterocycles. The lowest BCUT2D eigenvalue weighted by Crippen LogP contribution is -2.54. The molecule has 20 nitrogen and oxygen atoms in total. The van der Waals surface area contributed by atoms with Gasteiger partial charge in [-0.3, -0.25) is 43.9 Å². The molecule has 4 saturated heterocycles. The topological polar surface area (TPSA) is 256 Å². The van der Waals surface area contributed by atoms with Crippen LogP contribution in [0, 0.1) is 5.92 Å². The van der Waals surface area contributed by atoms with Crippen LogP contribution in [0.4, 0.5) is 0 Å². The smallest absolute Gasteiger partial charge is 0.269 e. The fourth-order valence-electron chi connectivity index (χ4n) is 16.8. The van der Waals surface area contributed by atoms with E-state index in [0.29, 0.717) is 106 Å².